The molecule has 2 aromatic carbocycles. The molecule has 0 unspecified atom stereocenters. The average molecular weight is 592 g/mol. The molecule has 1 spiro atoms. The van der Waals surface area contributed by atoms with Gasteiger partial charge >= 0.3 is 0 Å². The minimum atomic E-state index is -1.44. The van der Waals surface area contributed by atoms with Gasteiger partial charge in [-0.3, -0.25) is 14.5 Å². The number of fused-ring (bicyclic) bond motifs is 2. The predicted octanol–water partition coefficient (Wildman–Crippen LogP) is 4.60. The number of hydrogen-bond acceptors (Lipinski definition) is 5. The van der Waals surface area contributed by atoms with Crippen LogP contribution in [0.25, 0.3) is 0 Å². The number of nitrogens with zero attached hydrogens (tertiary/aromatic N) is 1. The van der Waals surface area contributed by atoms with Crippen LogP contribution in [0.3, 0.4) is 0 Å². The predicted molar refractivity (Wildman–Crippen MR) is 155 cm³/mol. The fraction of sp³-hybridized carbons (Fsp3) is 0.548. The van der Waals surface area contributed by atoms with Crippen LogP contribution in [0.1, 0.15) is 64.0 Å². The highest BCUT2D eigenvalue weighted by Crippen LogP contribution is 2.60. The third-order valence-corrected chi connectivity index (χ3v) is 8.80. The van der Waals surface area contributed by atoms with Crippen molar-refractivity contribution < 1.29 is 28.6 Å². The van der Waals surface area contributed by atoms with Crippen molar-refractivity contribution in [3.05, 3.63) is 64.2 Å². The minimum Gasteiger partial charge on any atom is -0.394 e. The molecule has 2 heterocycles. The number of benzene rings is 2. The molecular weight excluding hydrogens is 552 g/mol. The molecule has 0 aromatic heterocycles. The normalized spacial score (nSPS) is 25.0. The van der Waals surface area contributed by atoms with Gasteiger partial charge in [0.25, 0.3) is 0 Å². The van der Waals surface area contributed by atoms with E-state index in [4.69, 9.17) is 11.6 Å². The van der Waals surface area contributed by atoms with Crippen LogP contribution in [0, 0.1) is 23.0 Å². The molecule has 10 heteroatoms. The van der Waals surface area contributed by atoms with Crippen molar-refractivity contribution in [3.8, 4) is 0 Å². The second-order valence-electron chi connectivity index (χ2n) is 12.7. The Hall–Kier alpha value is -2.59. The van der Waals surface area contributed by atoms with Crippen LogP contribution < -0.4 is 10.6 Å². The standard InChI is InChI=1S/C31H40ClF2N3O4/c1-17(2)14-30(3,4)15-25-31(21-12-22(33)23(34)13-24(21)36-29(31)41)26(18-7-6-8-19(32)11-18)27(37(25)5)28(40)35-10-9-20(39)16-38/h6-8,11-13,17,20,25-27,38-39H,9-10,14-16H2,1-5H3,(H,35,40)(H,36,41)/t20-,25+,26-,27+,31-/m0/s1. The lowest BCUT2D eigenvalue weighted by Crippen LogP contribution is -2.50. The van der Waals surface area contributed by atoms with Gasteiger partial charge in [0.15, 0.2) is 11.6 Å². The molecule has 0 aliphatic carbocycles. The summed E-state index contributed by atoms with van der Waals surface area (Å²) in [7, 11) is 1.79. The van der Waals surface area contributed by atoms with Crippen LogP contribution in [0.4, 0.5) is 14.5 Å². The Morgan fingerprint density at radius 1 is 1.22 bits per heavy atom. The van der Waals surface area contributed by atoms with E-state index in [0.717, 1.165) is 18.6 Å². The molecule has 2 aliphatic heterocycles. The van der Waals surface area contributed by atoms with Gasteiger partial charge in [0.2, 0.25) is 11.8 Å². The summed E-state index contributed by atoms with van der Waals surface area (Å²) in [6.45, 7) is 8.15. The molecule has 0 saturated carbocycles. The molecule has 7 nitrogen and oxygen atoms in total. The Morgan fingerprint density at radius 3 is 2.54 bits per heavy atom. The summed E-state index contributed by atoms with van der Waals surface area (Å²) in [4.78, 5) is 30.2. The van der Waals surface area contributed by atoms with Gasteiger partial charge in [0.05, 0.1) is 18.8 Å². The Morgan fingerprint density at radius 2 is 1.90 bits per heavy atom. The van der Waals surface area contributed by atoms with E-state index in [-0.39, 0.29) is 30.0 Å². The van der Waals surface area contributed by atoms with E-state index < -0.39 is 53.7 Å². The van der Waals surface area contributed by atoms with E-state index >= 15 is 0 Å². The van der Waals surface area contributed by atoms with E-state index in [9.17, 15) is 28.6 Å². The van der Waals surface area contributed by atoms with Gasteiger partial charge in [-0.25, -0.2) is 8.78 Å². The third kappa shape index (κ3) is 5.87. The first-order valence-electron chi connectivity index (χ1n) is 14.1. The Kier molecular flexibility index (Phi) is 9.14. The van der Waals surface area contributed by atoms with Crippen LogP contribution in [-0.4, -0.2) is 65.3 Å². The molecule has 0 radical (unpaired) electrons. The second-order valence-corrected chi connectivity index (χ2v) is 13.1. The maximum absolute atomic E-state index is 14.9. The lowest BCUT2D eigenvalue weighted by atomic mass is 9.61. The van der Waals surface area contributed by atoms with E-state index in [1.165, 1.54) is 0 Å². The fourth-order valence-corrected chi connectivity index (χ4v) is 7.44. The SMILES string of the molecule is CC(C)CC(C)(C)C[C@H]1N(C)[C@@H](C(=O)NCC[C@H](O)CO)[C@H](c2cccc(Cl)c2)[C@@]12C(=O)Nc1cc(F)c(F)cc12. The molecule has 2 aliphatic rings. The van der Waals surface area contributed by atoms with Crippen LogP contribution in [-0.2, 0) is 15.0 Å². The summed E-state index contributed by atoms with van der Waals surface area (Å²) in [6, 6.07) is 7.60. The zero-order valence-corrected chi connectivity index (χ0v) is 24.9. The van der Waals surface area contributed by atoms with Gasteiger partial charge in [-0.05, 0) is 67.0 Å². The number of carbonyl (C=O) groups excluding carboxylic acids is 2. The summed E-state index contributed by atoms with van der Waals surface area (Å²) >= 11 is 6.42. The van der Waals surface area contributed by atoms with Gasteiger partial charge in [-0.2, -0.15) is 0 Å². The van der Waals surface area contributed by atoms with Gasteiger partial charge < -0.3 is 20.8 Å². The van der Waals surface area contributed by atoms with Crippen molar-refractivity contribution in [1.29, 1.82) is 0 Å². The lowest BCUT2D eigenvalue weighted by Gasteiger charge is -2.40. The van der Waals surface area contributed by atoms with E-state index in [1.54, 1.807) is 31.3 Å². The summed E-state index contributed by atoms with van der Waals surface area (Å²) in [5.41, 5.74) is -0.582. The van der Waals surface area contributed by atoms with Crippen molar-refractivity contribution in [2.24, 2.45) is 11.3 Å². The highest BCUT2D eigenvalue weighted by atomic mass is 35.5. The highest BCUT2D eigenvalue weighted by molar-refractivity contribution is 6.30. The molecule has 1 fully saturated rings. The first kappa shape index (κ1) is 31.3. The molecule has 224 valence electrons. The summed E-state index contributed by atoms with van der Waals surface area (Å²) < 4.78 is 29.3. The Bertz CT molecular complexity index is 1310. The van der Waals surface area contributed by atoms with Gasteiger partial charge in [-0.15, -0.1) is 0 Å². The average Bonchev–Trinajstić information content (AvgIpc) is 3.29. The van der Waals surface area contributed by atoms with E-state index in [1.807, 2.05) is 4.90 Å². The van der Waals surface area contributed by atoms with Crippen LogP contribution >= 0.6 is 11.6 Å². The van der Waals surface area contributed by atoms with Crippen LogP contribution in [0.2, 0.25) is 5.02 Å². The molecule has 1 saturated heterocycles. The topological polar surface area (TPSA) is 102 Å². The quantitative estimate of drug-likeness (QED) is 0.324. The molecule has 4 rings (SSSR count). The van der Waals surface area contributed by atoms with Crippen LogP contribution in [0.15, 0.2) is 36.4 Å². The number of nitrogens with one attached hydrogen (secondary N) is 2. The largest absolute Gasteiger partial charge is 0.394 e. The number of likely N-dealkylation sites (tertiary alicyclic amines) is 1. The van der Waals surface area contributed by atoms with Gasteiger partial charge in [0, 0.05) is 35.3 Å². The highest BCUT2D eigenvalue weighted by Gasteiger charge is 2.68. The Balaban J connectivity index is 1.94. The second kappa shape index (κ2) is 12.0. The zero-order valence-electron chi connectivity index (χ0n) is 24.2. The molecule has 0 bridgehead atoms. The summed E-state index contributed by atoms with van der Waals surface area (Å²) in [5, 5.41) is 25.1. The number of anilines is 1. The minimum absolute atomic E-state index is 0.103. The fourth-order valence-electron chi connectivity index (χ4n) is 7.24. The van der Waals surface area contributed by atoms with Crippen LogP contribution in [0.5, 0.6) is 0 Å². The molecule has 41 heavy (non-hydrogen) atoms. The molecule has 2 amide bonds. The number of aliphatic hydroxyl groups excluding tert-OH is 2. The van der Waals surface area contributed by atoms with Crippen molar-refractivity contribution in [2.75, 3.05) is 25.5 Å². The third-order valence-electron chi connectivity index (χ3n) is 8.56. The number of amides is 2. The first-order valence-corrected chi connectivity index (χ1v) is 14.5. The number of hydrogen-bond donors (Lipinski definition) is 4. The number of halogens is 3. The summed E-state index contributed by atoms with van der Waals surface area (Å²) in [5.74, 6) is -3.39. The molecule has 5 atom stereocenters. The van der Waals surface area contributed by atoms with Crippen molar-refractivity contribution in [2.45, 2.75) is 76.5 Å². The first-order chi connectivity index (χ1) is 19.2. The molecular formula is C31H40ClF2N3O4. The Labute approximate surface area is 245 Å². The zero-order chi connectivity index (χ0) is 30.3. The van der Waals surface area contributed by atoms with Gasteiger partial charge in [0.1, 0.15) is 5.41 Å². The monoisotopic (exact) mass is 591 g/mol. The van der Waals surface area contributed by atoms with E-state index in [2.05, 4.69) is 38.3 Å². The maximum atomic E-state index is 14.9. The maximum Gasteiger partial charge on any atom is 0.238 e. The lowest BCUT2D eigenvalue weighted by molar-refractivity contribution is -0.126. The summed E-state index contributed by atoms with van der Waals surface area (Å²) in [6.07, 6.45) is 0.501. The van der Waals surface area contributed by atoms with Gasteiger partial charge in [-0.1, -0.05) is 51.4 Å². The molecule has 4 N–H and O–H groups in total. The van der Waals surface area contributed by atoms with Crippen molar-refractivity contribution >= 4 is 29.1 Å². The molecule has 2 aromatic rings. The number of rotatable bonds is 10. The number of likely N-dealkylation sites (N-methyl/N-ethyl adjacent to an activating group) is 1. The van der Waals surface area contributed by atoms with E-state index in [0.29, 0.717) is 28.5 Å². The smallest absolute Gasteiger partial charge is 0.238 e. The van der Waals surface area contributed by atoms with Crippen molar-refractivity contribution in [3.63, 3.8) is 0 Å². The van der Waals surface area contributed by atoms with Crippen molar-refractivity contribution in [1.82, 2.24) is 10.2 Å². The number of carbonyl (C=O) groups is 2. The number of aliphatic hydroxyl groups is 2.